The Bertz CT molecular complexity index is 1400. The second-order valence-corrected chi connectivity index (χ2v) is 9.87. The number of rotatable bonds is 4. The van der Waals surface area contributed by atoms with Crippen LogP contribution in [-0.4, -0.2) is 50.7 Å². The molecule has 5 rings (SSSR count). The average molecular weight is 464 g/mol. The molecule has 172 valence electrons. The molecule has 0 radical (unpaired) electrons. The van der Waals surface area contributed by atoms with E-state index in [0.29, 0.717) is 30.9 Å². The first-order chi connectivity index (χ1) is 15.9. The van der Waals surface area contributed by atoms with Gasteiger partial charge in [0.15, 0.2) is 0 Å². The lowest BCUT2D eigenvalue weighted by Gasteiger charge is -2.42. The maximum atomic E-state index is 13.6. The standard InChI is InChI=1S/C25H29N5O2S/c1-5-20(30-25(32)22-14-23-21(9-12-33-23)29(22)18(4)26-30)24(31)27-10-11-28(17(3)15-27)19-8-6-7-16(2)13-19/h6-9,12-14,17,20H,5,10-11,15H2,1-4H3/t17-,20+/m0/s1. The van der Waals surface area contributed by atoms with E-state index in [1.807, 2.05) is 40.7 Å². The molecule has 1 aliphatic heterocycles. The van der Waals surface area contributed by atoms with Gasteiger partial charge in [-0.05, 0) is 62.4 Å². The number of benzene rings is 1. The van der Waals surface area contributed by atoms with Crippen LogP contribution >= 0.6 is 11.3 Å². The van der Waals surface area contributed by atoms with E-state index in [1.54, 1.807) is 11.3 Å². The van der Waals surface area contributed by atoms with Crippen molar-refractivity contribution < 1.29 is 4.79 Å². The van der Waals surface area contributed by atoms with Crippen molar-refractivity contribution in [3.8, 4) is 0 Å². The third-order valence-corrected chi connectivity index (χ3v) is 7.52. The van der Waals surface area contributed by atoms with Crippen LogP contribution in [0.3, 0.4) is 0 Å². The molecular formula is C25H29N5O2S. The minimum absolute atomic E-state index is 0.0278. The maximum absolute atomic E-state index is 13.6. The monoisotopic (exact) mass is 463 g/mol. The van der Waals surface area contributed by atoms with E-state index in [-0.39, 0.29) is 17.5 Å². The van der Waals surface area contributed by atoms with Crippen molar-refractivity contribution in [2.24, 2.45) is 0 Å². The van der Waals surface area contributed by atoms with E-state index in [0.717, 1.165) is 16.8 Å². The van der Waals surface area contributed by atoms with Crippen molar-refractivity contribution >= 4 is 38.7 Å². The Morgan fingerprint density at radius 2 is 2.00 bits per heavy atom. The summed E-state index contributed by atoms with van der Waals surface area (Å²) < 4.78 is 4.36. The van der Waals surface area contributed by atoms with Crippen LogP contribution in [0.5, 0.6) is 0 Å². The summed E-state index contributed by atoms with van der Waals surface area (Å²) in [6, 6.07) is 12.0. The first-order valence-electron chi connectivity index (χ1n) is 11.5. The number of carbonyl (C=O) groups is 1. The molecule has 4 aromatic rings. The Morgan fingerprint density at radius 3 is 2.73 bits per heavy atom. The first-order valence-corrected chi connectivity index (χ1v) is 12.4. The number of thiophene rings is 1. The number of nitrogens with zero attached hydrogens (tertiary/aromatic N) is 5. The lowest BCUT2D eigenvalue weighted by molar-refractivity contribution is -0.136. The number of fused-ring (bicyclic) bond motifs is 3. The summed E-state index contributed by atoms with van der Waals surface area (Å²) in [4.78, 5) is 31.2. The smallest absolute Gasteiger partial charge is 0.291 e. The van der Waals surface area contributed by atoms with Gasteiger partial charge in [0.05, 0.1) is 10.2 Å². The molecule has 0 spiro atoms. The van der Waals surface area contributed by atoms with E-state index in [9.17, 15) is 9.59 Å². The second kappa shape index (κ2) is 8.33. The number of amides is 1. The molecule has 1 amide bonds. The van der Waals surface area contributed by atoms with Crippen molar-refractivity contribution in [1.29, 1.82) is 0 Å². The molecule has 33 heavy (non-hydrogen) atoms. The van der Waals surface area contributed by atoms with Gasteiger partial charge in [-0.1, -0.05) is 19.1 Å². The number of carbonyl (C=O) groups excluding carboxylic acids is 1. The van der Waals surface area contributed by atoms with E-state index in [2.05, 4.69) is 48.1 Å². The summed E-state index contributed by atoms with van der Waals surface area (Å²) in [5, 5.41) is 6.61. The SMILES string of the molecule is CC[C@H](C(=O)N1CCN(c2cccc(C)c2)[C@@H](C)C1)n1nc(C)n2c(cc3sccc32)c1=O. The summed E-state index contributed by atoms with van der Waals surface area (Å²) >= 11 is 1.60. The number of aryl methyl sites for hydroxylation is 2. The van der Waals surface area contributed by atoms with E-state index in [1.165, 1.54) is 15.9 Å². The highest BCUT2D eigenvalue weighted by molar-refractivity contribution is 7.17. The molecule has 0 unspecified atom stereocenters. The van der Waals surface area contributed by atoms with Gasteiger partial charge in [0.1, 0.15) is 17.4 Å². The highest BCUT2D eigenvalue weighted by Gasteiger charge is 2.32. The van der Waals surface area contributed by atoms with Crippen molar-refractivity contribution in [3.63, 3.8) is 0 Å². The van der Waals surface area contributed by atoms with E-state index in [4.69, 9.17) is 0 Å². The van der Waals surface area contributed by atoms with Crippen LogP contribution in [0.2, 0.25) is 0 Å². The van der Waals surface area contributed by atoms with E-state index >= 15 is 0 Å². The lowest BCUT2D eigenvalue weighted by Crippen LogP contribution is -2.55. The molecule has 7 nitrogen and oxygen atoms in total. The fourth-order valence-electron chi connectivity index (χ4n) is 5.02. The number of aromatic nitrogens is 3. The van der Waals surface area contributed by atoms with E-state index < -0.39 is 6.04 Å². The minimum atomic E-state index is -0.605. The Balaban J connectivity index is 1.43. The minimum Gasteiger partial charge on any atom is -0.365 e. The summed E-state index contributed by atoms with van der Waals surface area (Å²) in [6.45, 7) is 10.1. The largest absolute Gasteiger partial charge is 0.365 e. The average Bonchev–Trinajstić information content (AvgIpc) is 3.39. The molecule has 2 atom stereocenters. The van der Waals surface area contributed by atoms with Crippen LogP contribution in [0.25, 0.3) is 15.7 Å². The van der Waals surface area contributed by atoms with Crippen LogP contribution in [0.15, 0.2) is 46.6 Å². The second-order valence-electron chi connectivity index (χ2n) is 8.92. The Kier molecular flexibility index (Phi) is 5.48. The van der Waals surface area contributed by atoms with Gasteiger partial charge in [0.2, 0.25) is 5.91 Å². The van der Waals surface area contributed by atoms with Crippen LogP contribution in [-0.2, 0) is 4.79 Å². The Hall–Kier alpha value is -3.13. The van der Waals surface area contributed by atoms with Gasteiger partial charge in [-0.2, -0.15) is 5.10 Å². The highest BCUT2D eigenvalue weighted by atomic mass is 32.1. The Morgan fingerprint density at radius 1 is 1.18 bits per heavy atom. The maximum Gasteiger partial charge on any atom is 0.291 e. The normalized spacial score (nSPS) is 17.8. The van der Waals surface area contributed by atoms with Gasteiger partial charge in [0.25, 0.3) is 5.56 Å². The van der Waals surface area contributed by atoms with Crippen LogP contribution in [0.4, 0.5) is 5.69 Å². The quantitative estimate of drug-likeness (QED) is 0.459. The van der Waals surface area contributed by atoms with Gasteiger partial charge in [-0.3, -0.25) is 14.0 Å². The molecule has 8 heteroatoms. The Labute approximate surface area is 196 Å². The molecule has 3 aromatic heterocycles. The molecule has 1 aromatic carbocycles. The fourth-order valence-corrected chi connectivity index (χ4v) is 5.82. The van der Waals surface area contributed by atoms with Gasteiger partial charge < -0.3 is 9.80 Å². The van der Waals surface area contributed by atoms with Crippen LogP contribution < -0.4 is 10.5 Å². The molecule has 0 saturated carbocycles. The zero-order valence-corrected chi connectivity index (χ0v) is 20.3. The van der Waals surface area contributed by atoms with Gasteiger partial charge in [0, 0.05) is 31.4 Å². The van der Waals surface area contributed by atoms with Gasteiger partial charge in [-0.25, -0.2) is 4.68 Å². The topological polar surface area (TPSA) is 62.9 Å². The van der Waals surface area contributed by atoms with Crippen molar-refractivity contribution in [1.82, 2.24) is 19.1 Å². The summed E-state index contributed by atoms with van der Waals surface area (Å²) in [6.07, 6.45) is 0.517. The van der Waals surface area contributed by atoms with Crippen molar-refractivity contribution in [2.45, 2.75) is 46.2 Å². The molecule has 1 aliphatic rings. The number of piperazine rings is 1. The third kappa shape index (κ3) is 3.62. The predicted molar refractivity (Wildman–Crippen MR) is 133 cm³/mol. The summed E-state index contributed by atoms with van der Waals surface area (Å²) in [7, 11) is 0. The molecule has 1 saturated heterocycles. The molecular weight excluding hydrogens is 434 g/mol. The summed E-state index contributed by atoms with van der Waals surface area (Å²) in [5.41, 5.74) is 3.77. The highest BCUT2D eigenvalue weighted by Crippen LogP contribution is 2.26. The van der Waals surface area contributed by atoms with Crippen molar-refractivity contribution in [2.75, 3.05) is 24.5 Å². The molecule has 4 heterocycles. The number of hydrogen-bond acceptors (Lipinski definition) is 5. The number of anilines is 1. The van der Waals surface area contributed by atoms with Crippen LogP contribution in [0.1, 0.15) is 37.7 Å². The zero-order chi connectivity index (χ0) is 23.3. The van der Waals surface area contributed by atoms with Gasteiger partial charge in [-0.15, -0.1) is 11.3 Å². The zero-order valence-electron chi connectivity index (χ0n) is 19.5. The molecule has 0 aliphatic carbocycles. The molecule has 1 fully saturated rings. The third-order valence-electron chi connectivity index (χ3n) is 6.67. The first kappa shape index (κ1) is 21.7. The predicted octanol–water partition coefficient (Wildman–Crippen LogP) is 4.02. The van der Waals surface area contributed by atoms with Crippen molar-refractivity contribution in [3.05, 3.63) is 63.5 Å². The number of hydrogen-bond donors (Lipinski definition) is 0. The van der Waals surface area contributed by atoms with Crippen LogP contribution in [0, 0.1) is 13.8 Å². The molecule has 0 N–H and O–H groups in total. The fraction of sp³-hybridized carbons (Fsp3) is 0.400. The summed E-state index contributed by atoms with van der Waals surface area (Å²) in [5.74, 6) is 0.682. The molecule has 0 bridgehead atoms. The lowest BCUT2D eigenvalue weighted by atomic mass is 10.1. The van der Waals surface area contributed by atoms with Gasteiger partial charge >= 0.3 is 0 Å².